The lowest BCUT2D eigenvalue weighted by atomic mass is 10.0. The van der Waals surface area contributed by atoms with Gasteiger partial charge in [0.2, 0.25) is 5.78 Å². The largest absolute Gasteiger partial charge is 0.416 e. The van der Waals surface area contributed by atoms with E-state index in [-0.39, 0.29) is 11.3 Å². The van der Waals surface area contributed by atoms with Crippen molar-refractivity contribution in [3.63, 3.8) is 0 Å². The molecular weight excluding hydrogens is 257 g/mol. The summed E-state index contributed by atoms with van der Waals surface area (Å²) in [6.07, 6.45) is -4.46. The third kappa shape index (κ3) is 2.67. The Kier molecular flexibility index (Phi) is 3.18. The number of carbonyl (C=O) groups is 1. The van der Waals surface area contributed by atoms with Gasteiger partial charge < -0.3 is 0 Å². The van der Waals surface area contributed by atoms with E-state index >= 15 is 0 Å². The molecule has 0 aliphatic rings. The van der Waals surface area contributed by atoms with E-state index in [1.54, 1.807) is 20.0 Å². The standard InChI is InChI=1S/C13H11F3N2O/c1-8-6-11(18(2)17-8)12(19)9-4-3-5-10(7-9)13(14,15)16/h3-7H,1-2H3. The van der Waals surface area contributed by atoms with Gasteiger partial charge in [-0.1, -0.05) is 12.1 Å². The first kappa shape index (κ1) is 13.3. The smallest absolute Gasteiger partial charge is 0.287 e. The Bertz CT molecular complexity index is 629. The van der Waals surface area contributed by atoms with Crippen molar-refractivity contribution < 1.29 is 18.0 Å². The van der Waals surface area contributed by atoms with E-state index in [1.165, 1.54) is 16.8 Å². The van der Waals surface area contributed by atoms with Crippen LogP contribution in [0.3, 0.4) is 0 Å². The summed E-state index contributed by atoms with van der Waals surface area (Å²) in [6, 6.07) is 5.91. The second kappa shape index (κ2) is 4.53. The summed E-state index contributed by atoms with van der Waals surface area (Å²) in [4.78, 5) is 12.1. The van der Waals surface area contributed by atoms with Gasteiger partial charge in [0, 0.05) is 12.6 Å². The lowest BCUT2D eigenvalue weighted by Crippen LogP contribution is -2.11. The van der Waals surface area contributed by atoms with Crippen LogP contribution in [-0.2, 0) is 13.2 Å². The van der Waals surface area contributed by atoms with E-state index in [1.807, 2.05) is 0 Å². The molecule has 0 spiro atoms. The Morgan fingerprint density at radius 3 is 2.47 bits per heavy atom. The summed E-state index contributed by atoms with van der Waals surface area (Å²) < 4.78 is 39.1. The average molecular weight is 268 g/mol. The van der Waals surface area contributed by atoms with Gasteiger partial charge in [-0.2, -0.15) is 18.3 Å². The number of hydrogen-bond donors (Lipinski definition) is 0. The zero-order valence-electron chi connectivity index (χ0n) is 10.3. The van der Waals surface area contributed by atoms with Crippen molar-refractivity contribution in [1.29, 1.82) is 0 Å². The van der Waals surface area contributed by atoms with Crippen molar-refractivity contribution in [1.82, 2.24) is 9.78 Å². The van der Waals surface area contributed by atoms with Crippen LogP contribution in [0.1, 0.15) is 27.3 Å². The molecule has 0 saturated heterocycles. The molecule has 1 aromatic carbocycles. The highest BCUT2D eigenvalue weighted by atomic mass is 19.4. The van der Waals surface area contributed by atoms with Crippen LogP contribution in [0.5, 0.6) is 0 Å². The van der Waals surface area contributed by atoms with Crippen LogP contribution >= 0.6 is 0 Å². The van der Waals surface area contributed by atoms with Gasteiger partial charge in [0.15, 0.2) is 0 Å². The maximum atomic E-state index is 12.6. The first-order valence-electron chi connectivity index (χ1n) is 5.51. The van der Waals surface area contributed by atoms with Crippen LogP contribution in [0, 0.1) is 6.92 Å². The molecule has 1 heterocycles. The van der Waals surface area contributed by atoms with Crippen LogP contribution in [0.4, 0.5) is 13.2 Å². The number of benzene rings is 1. The molecule has 100 valence electrons. The Labute approximate surface area is 107 Å². The van der Waals surface area contributed by atoms with Crippen molar-refractivity contribution in [3.8, 4) is 0 Å². The fourth-order valence-corrected chi connectivity index (χ4v) is 1.81. The van der Waals surface area contributed by atoms with Crippen molar-refractivity contribution >= 4 is 5.78 Å². The van der Waals surface area contributed by atoms with Crippen molar-refractivity contribution in [2.24, 2.45) is 7.05 Å². The number of aryl methyl sites for hydroxylation is 2. The minimum Gasteiger partial charge on any atom is -0.287 e. The predicted molar refractivity (Wildman–Crippen MR) is 62.8 cm³/mol. The normalized spacial score (nSPS) is 11.6. The highest BCUT2D eigenvalue weighted by Gasteiger charge is 2.31. The Balaban J connectivity index is 2.43. The third-order valence-electron chi connectivity index (χ3n) is 2.69. The maximum Gasteiger partial charge on any atom is 0.416 e. The number of alkyl halides is 3. The molecule has 0 unspecified atom stereocenters. The second-order valence-electron chi connectivity index (χ2n) is 4.20. The van der Waals surface area contributed by atoms with Crippen LogP contribution in [0.25, 0.3) is 0 Å². The lowest BCUT2D eigenvalue weighted by Gasteiger charge is -2.08. The van der Waals surface area contributed by atoms with Crippen molar-refractivity contribution in [3.05, 3.63) is 52.8 Å². The van der Waals surface area contributed by atoms with Gasteiger partial charge in [0.25, 0.3) is 0 Å². The van der Waals surface area contributed by atoms with E-state index in [0.29, 0.717) is 5.69 Å². The molecule has 0 atom stereocenters. The molecule has 0 amide bonds. The van der Waals surface area contributed by atoms with Crippen LogP contribution in [0.2, 0.25) is 0 Å². The molecule has 0 aliphatic heterocycles. The minimum absolute atomic E-state index is 0.00201. The summed E-state index contributed by atoms with van der Waals surface area (Å²) in [7, 11) is 1.58. The molecule has 1 aromatic heterocycles. The van der Waals surface area contributed by atoms with Gasteiger partial charge in [-0.15, -0.1) is 0 Å². The van der Waals surface area contributed by atoms with Crippen LogP contribution < -0.4 is 0 Å². The maximum absolute atomic E-state index is 12.6. The topological polar surface area (TPSA) is 34.9 Å². The van der Waals surface area contributed by atoms with Crippen molar-refractivity contribution in [2.75, 3.05) is 0 Å². The molecule has 0 aliphatic carbocycles. The molecule has 0 radical (unpaired) electrons. The monoisotopic (exact) mass is 268 g/mol. The van der Waals surface area contributed by atoms with Gasteiger partial charge in [-0.25, -0.2) is 0 Å². The summed E-state index contributed by atoms with van der Waals surface area (Å²) in [5.41, 5.74) is 0.0599. The average Bonchev–Trinajstić information content (AvgIpc) is 2.66. The summed E-state index contributed by atoms with van der Waals surface area (Å²) in [6.45, 7) is 1.71. The van der Waals surface area contributed by atoms with Gasteiger partial charge in [-0.05, 0) is 25.1 Å². The Hall–Kier alpha value is -2.11. The molecule has 0 saturated carbocycles. The third-order valence-corrected chi connectivity index (χ3v) is 2.69. The molecule has 2 rings (SSSR count). The zero-order chi connectivity index (χ0) is 14.2. The number of hydrogen-bond acceptors (Lipinski definition) is 2. The fraction of sp³-hybridized carbons (Fsp3) is 0.231. The van der Waals surface area contributed by atoms with E-state index in [4.69, 9.17) is 0 Å². The highest BCUT2D eigenvalue weighted by molar-refractivity contribution is 6.08. The number of halogens is 3. The lowest BCUT2D eigenvalue weighted by molar-refractivity contribution is -0.137. The Morgan fingerprint density at radius 2 is 1.95 bits per heavy atom. The Morgan fingerprint density at radius 1 is 1.26 bits per heavy atom. The van der Waals surface area contributed by atoms with Gasteiger partial charge in [0.05, 0.1) is 11.3 Å². The van der Waals surface area contributed by atoms with E-state index < -0.39 is 17.5 Å². The first-order chi connectivity index (χ1) is 8.79. The quantitative estimate of drug-likeness (QED) is 0.785. The van der Waals surface area contributed by atoms with Crippen LogP contribution in [0.15, 0.2) is 30.3 Å². The van der Waals surface area contributed by atoms with Gasteiger partial charge in [-0.3, -0.25) is 9.48 Å². The second-order valence-corrected chi connectivity index (χ2v) is 4.20. The number of nitrogens with zero attached hydrogens (tertiary/aromatic N) is 2. The molecule has 0 bridgehead atoms. The molecule has 6 heteroatoms. The van der Waals surface area contributed by atoms with Gasteiger partial charge >= 0.3 is 6.18 Å². The van der Waals surface area contributed by atoms with Crippen LogP contribution in [-0.4, -0.2) is 15.6 Å². The van der Waals surface area contributed by atoms with E-state index in [0.717, 1.165) is 12.1 Å². The zero-order valence-corrected chi connectivity index (χ0v) is 10.3. The van der Waals surface area contributed by atoms with E-state index in [2.05, 4.69) is 5.10 Å². The number of rotatable bonds is 2. The number of aromatic nitrogens is 2. The molecule has 2 aromatic rings. The molecule has 3 nitrogen and oxygen atoms in total. The van der Waals surface area contributed by atoms with E-state index in [9.17, 15) is 18.0 Å². The van der Waals surface area contributed by atoms with Gasteiger partial charge in [0.1, 0.15) is 5.69 Å². The summed E-state index contributed by atoms with van der Waals surface area (Å²) in [5, 5.41) is 4.00. The minimum atomic E-state index is -4.46. The molecular formula is C13H11F3N2O. The molecule has 0 fully saturated rings. The highest BCUT2D eigenvalue weighted by Crippen LogP contribution is 2.29. The number of carbonyl (C=O) groups excluding carboxylic acids is 1. The SMILES string of the molecule is Cc1cc(C(=O)c2cccc(C(F)(F)F)c2)n(C)n1. The number of ketones is 1. The first-order valence-corrected chi connectivity index (χ1v) is 5.51. The fourth-order valence-electron chi connectivity index (χ4n) is 1.81. The summed E-state index contributed by atoms with van der Waals surface area (Å²) >= 11 is 0. The predicted octanol–water partition coefficient (Wildman–Crippen LogP) is 2.98. The molecule has 0 N–H and O–H groups in total. The molecule has 19 heavy (non-hydrogen) atoms. The summed E-state index contributed by atoms with van der Waals surface area (Å²) in [5.74, 6) is -0.478. The van der Waals surface area contributed by atoms with Crippen molar-refractivity contribution in [2.45, 2.75) is 13.1 Å².